The summed E-state index contributed by atoms with van der Waals surface area (Å²) in [6, 6.07) is 8.23. The molecule has 0 aliphatic carbocycles. The number of methoxy groups -OCH3 is 1. The number of hydrogen-bond acceptors (Lipinski definition) is 4. The van der Waals surface area contributed by atoms with Crippen molar-refractivity contribution in [1.82, 2.24) is 9.78 Å². The smallest absolute Gasteiger partial charge is 0.337 e. The average molecular weight is 259 g/mol. The fourth-order valence-electron chi connectivity index (χ4n) is 1.55. The molecule has 98 valence electrons. The Labute approximate surface area is 110 Å². The van der Waals surface area contributed by atoms with Crippen LogP contribution in [-0.2, 0) is 16.1 Å². The summed E-state index contributed by atoms with van der Waals surface area (Å²) in [5.41, 5.74) is 1.05. The summed E-state index contributed by atoms with van der Waals surface area (Å²) in [5, 5.41) is 6.65. The van der Waals surface area contributed by atoms with Gasteiger partial charge < -0.3 is 10.1 Å². The third kappa shape index (κ3) is 3.41. The first-order valence-electron chi connectivity index (χ1n) is 5.64. The number of nitrogens with one attached hydrogen (secondary N) is 1. The average Bonchev–Trinajstić information content (AvgIpc) is 2.91. The van der Waals surface area contributed by atoms with Crippen LogP contribution in [0.2, 0.25) is 0 Å². The van der Waals surface area contributed by atoms with E-state index in [4.69, 9.17) is 0 Å². The van der Waals surface area contributed by atoms with Gasteiger partial charge in [-0.25, -0.2) is 4.79 Å². The predicted octanol–water partition coefficient (Wildman–Crippen LogP) is 1.31. The van der Waals surface area contributed by atoms with E-state index >= 15 is 0 Å². The van der Waals surface area contributed by atoms with Crippen molar-refractivity contribution >= 4 is 17.6 Å². The van der Waals surface area contributed by atoms with Crippen LogP contribution in [-0.4, -0.2) is 28.8 Å². The van der Waals surface area contributed by atoms with E-state index in [0.717, 1.165) is 0 Å². The zero-order chi connectivity index (χ0) is 13.7. The minimum Gasteiger partial charge on any atom is -0.465 e. The second-order valence-electron chi connectivity index (χ2n) is 3.82. The Morgan fingerprint density at radius 1 is 1.32 bits per heavy atom. The van der Waals surface area contributed by atoms with Crippen LogP contribution in [0.1, 0.15) is 10.4 Å². The summed E-state index contributed by atoms with van der Waals surface area (Å²) < 4.78 is 6.12. The van der Waals surface area contributed by atoms with E-state index in [1.165, 1.54) is 11.8 Å². The Morgan fingerprint density at radius 2 is 2.05 bits per heavy atom. The number of nitrogens with zero attached hydrogens (tertiary/aromatic N) is 2. The van der Waals surface area contributed by atoms with E-state index in [9.17, 15) is 9.59 Å². The monoisotopic (exact) mass is 259 g/mol. The summed E-state index contributed by atoms with van der Waals surface area (Å²) in [6.07, 6.45) is 3.32. The first-order valence-corrected chi connectivity index (χ1v) is 5.64. The number of ether oxygens (including phenoxy) is 1. The number of aromatic nitrogens is 2. The second kappa shape index (κ2) is 5.81. The van der Waals surface area contributed by atoms with Crippen molar-refractivity contribution in [3.63, 3.8) is 0 Å². The van der Waals surface area contributed by atoms with Gasteiger partial charge in [0.2, 0.25) is 5.91 Å². The molecule has 0 unspecified atom stereocenters. The highest BCUT2D eigenvalue weighted by atomic mass is 16.5. The van der Waals surface area contributed by atoms with Crippen molar-refractivity contribution in [2.75, 3.05) is 12.4 Å². The van der Waals surface area contributed by atoms with Gasteiger partial charge in [0, 0.05) is 18.1 Å². The standard InChI is InChI=1S/C13H13N3O3/c1-19-13(18)10-3-5-11(6-4-10)15-12(17)9-16-8-2-7-14-16/h2-8H,9H2,1H3,(H,15,17). The molecule has 6 nitrogen and oxygen atoms in total. The summed E-state index contributed by atoms with van der Waals surface area (Å²) in [5.74, 6) is -0.594. The van der Waals surface area contributed by atoms with Gasteiger partial charge in [-0.2, -0.15) is 5.10 Å². The zero-order valence-electron chi connectivity index (χ0n) is 10.4. The third-order valence-corrected chi connectivity index (χ3v) is 2.45. The van der Waals surface area contributed by atoms with Gasteiger partial charge in [0.1, 0.15) is 6.54 Å². The molecule has 2 rings (SSSR count). The number of rotatable bonds is 4. The second-order valence-corrected chi connectivity index (χ2v) is 3.82. The Hall–Kier alpha value is -2.63. The maximum Gasteiger partial charge on any atom is 0.337 e. The molecule has 0 saturated carbocycles. The van der Waals surface area contributed by atoms with Gasteiger partial charge in [0.05, 0.1) is 12.7 Å². The minimum absolute atomic E-state index is 0.145. The van der Waals surface area contributed by atoms with E-state index in [1.54, 1.807) is 42.7 Å². The molecular weight excluding hydrogens is 246 g/mol. The van der Waals surface area contributed by atoms with Crippen LogP contribution in [0.15, 0.2) is 42.7 Å². The molecule has 2 aromatic rings. The Balaban J connectivity index is 1.96. The van der Waals surface area contributed by atoms with Crippen molar-refractivity contribution in [1.29, 1.82) is 0 Å². The SMILES string of the molecule is COC(=O)c1ccc(NC(=O)Cn2cccn2)cc1. The van der Waals surface area contributed by atoms with Crippen LogP contribution < -0.4 is 5.32 Å². The van der Waals surface area contributed by atoms with Gasteiger partial charge in [0.25, 0.3) is 0 Å². The Kier molecular flexibility index (Phi) is 3.92. The van der Waals surface area contributed by atoms with E-state index in [1.807, 2.05) is 0 Å². The fraction of sp³-hybridized carbons (Fsp3) is 0.154. The third-order valence-electron chi connectivity index (χ3n) is 2.45. The number of benzene rings is 1. The lowest BCUT2D eigenvalue weighted by Gasteiger charge is -2.06. The molecular formula is C13H13N3O3. The van der Waals surface area contributed by atoms with Crippen molar-refractivity contribution in [3.8, 4) is 0 Å². The van der Waals surface area contributed by atoms with Gasteiger partial charge in [-0.3, -0.25) is 9.48 Å². The van der Waals surface area contributed by atoms with Crippen LogP contribution >= 0.6 is 0 Å². The number of anilines is 1. The zero-order valence-corrected chi connectivity index (χ0v) is 10.4. The summed E-state index contributed by atoms with van der Waals surface area (Å²) >= 11 is 0. The van der Waals surface area contributed by atoms with Crippen LogP contribution in [0.25, 0.3) is 0 Å². The van der Waals surface area contributed by atoms with E-state index < -0.39 is 5.97 Å². The lowest BCUT2D eigenvalue weighted by molar-refractivity contribution is -0.116. The first-order chi connectivity index (χ1) is 9.19. The highest BCUT2D eigenvalue weighted by Crippen LogP contribution is 2.10. The number of carbonyl (C=O) groups is 2. The molecule has 0 radical (unpaired) electrons. The highest BCUT2D eigenvalue weighted by molar-refractivity contribution is 5.92. The van der Waals surface area contributed by atoms with Crippen LogP contribution in [0.3, 0.4) is 0 Å². The summed E-state index contributed by atoms with van der Waals surface area (Å²) in [7, 11) is 1.32. The topological polar surface area (TPSA) is 73.2 Å². The van der Waals surface area contributed by atoms with Gasteiger partial charge in [-0.15, -0.1) is 0 Å². The van der Waals surface area contributed by atoms with E-state index in [0.29, 0.717) is 11.3 Å². The molecule has 0 spiro atoms. The number of carbonyl (C=O) groups excluding carboxylic acids is 2. The minimum atomic E-state index is -0.408. The number of amides is 1. The maximum absolute atomic E-state index is 11.7. The van der Waals surface area contributed by atoms with Crippen molar-refractivity contribution in [3.05, 3.63) is 48.3 Å². The molecule has 0 fully saturated rings. The van der Waals surface area contributed by atoms with Gasteiger partial charge in [-0.05, 0) is 30.3 Å². The number of hydrogen-bond donors (Lipinski definition) is 1. The van der Waals surface area contributed by atoms with Gasteiger partial charge in [-0.1, -0.05) is 0 Å². The highest BCUT2D eigenvalue weighted by Gasteiger charge is 2.06. The molecule has 0 aliphatic rings. The quantitative estimate of drug-likeness (QED) is 0.840. The lowest BCUT2D eigenvalue weighted by atomic mass is 10.2. The van der Waals surface area contributed by atoms with Crippen LogP contribution in [0.5, 0.6) is 0 Å². The van der Waals surface area contributed by atoms with Crippen LogP contribution in [0.4, 0.5) is 5.69 Å². The Bertz CT molecular complexity index is 561. The van der Waals surface area contributed by atoms with E-state index in [2.05, 4.69) is 15.2 Å². The normalized spacial score (nSPS) is 9.95. The largest absolute Gasteiger partial charge is 0.465 e. The first kappa shape index (κ1) is 12.8. The Morgan fingerprint density at radius 3 is 2.63 bits per heavy atom. The van der Waals surface area contributed by atoms with Crippen LogP contribution in [0, 0.1) is 0 Å². The fourth-order valence-corrected chi connectivity index (χ4v) is 1.55. The van der Waals surface area contributed by atoms with Crippen molar-refractivity contribution in [2.45, 2.75) is 6.54 Å². The molecule has 0 atom stereocenters. The van der Waals surface area contributed by atoms with E-state index in [-0.39, 0.29) is 12.5 Å². The van der Waals surface area contributed by atoms with Gasteiger partial charge in [0.15, 0.2) is 0 Å². The molecule has 1 N–H and O–H groups in total. The molecule has 1 amide bonds. The summed E-state index contributed by atoms with van der Waals surface area (Å²) in [6.45, 7) is 0.145. The number of esters is 1. The van der Waals surface area contributed by atoms with Crippen molar-refractivity contribution < 1.29 is 14.3 Å². The molecule has 1 aromatic heterocycles. The van der Waals surface area contributed by atoms with Gasteiger partial charge >= 0.3 is 5.97 Å². The van der Waals surface area contributed by atoms with Crippen molar-refractivity contribution in [2.24, 2.45) is 0 Å². The molecule has 19 heavy (non-hydrogen) atoms. The molecule has 0 saturated heterocycles. The predicted molar refractivity (Wildman–Crippen MR) is 68.6 cm³/mol. The maximum atomic E-state index is 11.7. The molecule has 0 bridgehead atoms. The lowest BCUT2D eigenvalue weighted by Crippen LogP contribution is -2.19. The molecule has 0 aliphatic heterocycles. The molecule has 6 heteroatoms. The summed E-state index contributed by atoms with van der Waals surface area (Å²) in [4.78, 5) is 22.9. The molecule has 1 heterocycles. The molecule has 1 aromatic carbocycles.